The van der Waals surface area contributed by atoms with E-state index in [9.17, 15) is 4.79 Å². The van der Waals surface area contributed by atoms with E-state index in [0.717, 1.165) is 5.92 Å². The molecular formula is C12H18N2O. The Hall–Kier alpha value is -1.09. The maximum absolute atomic E-state index is 11.8. The highest BCUT2D eigenvalue weighted by molar-refractivity contribution is 5.95. The van der Waals surface area contributed by atoms with E-state index in [1.165, 1.54) is 12.8 Å². The first-order valence-corrected chi connectivity index (χ1v) is 5.55. The fourth-order valence-electron chi connectivity index (χ4n) is 1.90. The van der Waals surface area contributed by atoms with Crippen LogP contribution < -0.4 is 0 Å². The van der Waals surface area contributed by atoms with Crippen molar-refractivity contribution in [1.29, 1.82) is 0 Å². The van der Waals surface area contributed by atoms with Crippen molar-refractivity contribution in [2.45, 2.75) is 25.8 Å². The summed E-state index contributed by atoms with van der Waals surface area (Å²) in [4.78, 5) is 16.9. The normalized spacial score (nSPS) is 18.1. The van der Waals surface area contributed by atoms with Crippen molar-refractivity contribution < 1.29 is 4.79 Å². The molecule has 0 aromatic carbocycles. The molecular weight excluding hydrogens is 188 g/mol. The number of carbonyl (C=O) groups excluding carboxylic acids is 1. The van der Waals surface area contributed by atoms with Crippen LogP contribution in [0.1, 0.15) is 30.3 Å². The molecule has 1 heterocycles. The second kappa shape index (κ2) is 4.19. The molecule has 0 amide bonds. The van der Waals surface area contributed by atoms with Crippen molar-refractivity contribution in [3.05, 3.63) is 24.0 Å². The largest absolute Gasteiger partial charge is 0.359 e. The van der Waals surface area contributed by atoms with Crippen LogP contribution in [0.15, 0.2) is 18.3 Å². The molecule has 1 aromatic rings. The molecule has 1 aliphatic carbocycles. The number of hydrogen-bond acceptors (Lipinski definition) is 2. The molecule has 15 heavy (non-hydrogen) atoms. The average molecular weight is 206 g/mol. The Bertz CT molecular complexity index is 327. The van der Waals surface area contributed by atoms with E-state index in [2.05, 4.69) is 16.8 Å². The Balaban J connectivity index is 1.88. The number of ketones is 1. The van der Waals surface area contributed by atoms with Gasteiger partial charge in [0.25, 0.3) is 0 Å². The predicted octanol–water partition coefficient (Wildman–Crippen LogP) is 1.93. The van der Waals surface area contributed by atoms with Gasteiger partial charge in [-0.05, 0) is 44.9 Å². The summed E-state index contributed by atoms with van der Waals surface area (Å²) < 4.78 is 0. The van der Waals surface area contributed by atoms with Gasteiger partial charge < -0.3 is 4.98 Å². The zero-order chi connectivity index (χ0) is 10.8. The molecule has 0 bridgehead atoms. The van der Waals surface area contributed by atoms with Crippen LogP contribution in [0.4, 0.5) is 0 Å². The first kappa shape index (κ1) is 10.4. The molecule has 3 heteroatoms. The van der Waals surface area contributed by atoms with Crippen molar-refractivity contribution >= 4 is 5.78 Å². The Morgan fingerprint density at radius 2 is 2.40 bits per heavy atom. The van der Waals surface area contributed by atoms with E-state index in [0.29, 0.717) is 18.3 Å². The average Bonchev–Trinajstić information content (AvgIpc) is 2.91. The van der Waals surface area contributed by atoms with Gasteiger partial charge in [0, 0.05) is 12.2 Å². The quantitative estimate of drug-likeness (QED) is 0.747. The van der Waals surface area contributed by atoms with Gasteiger partial charge in [-0.2, -0.15) is 0 Å². The van der Waals surface area contributed by atoms with Gasteiger partial charge in [-0.1, -0.05) is 0 Å². The topological polar surface area (TPSA) is 36.1 Å². The first-order chi connectivity index (χ1) is 7.18. The number of aromatic amines is 1. The van der Waals surface area contributed by atoms with Gasteiger partial charge in [0.05, 0.1) is 12.2 Å². The van der Waals surface area contributed by atoms with Gasteiger partial charge in [-0.3, -0.25) is 9.69 Å². The molecule has 1 saturated carbocycles. The minimum atomic E-state index is 0.176. The first-order valence-electron chi connectivity index (χ1n) is 5.55. The van der Waals surface area contributed by atoms with Gasteiger partial charge in [0.2, 0.25) is 0 Å². The predicted molar refractivity (Wildman–Crippen MR) is 59.9 cm³/mol. The minimum absolute atomic E-state index is 0.176. The molecule has 1 unspecified atom stereocenters. The van der Waals surface area contributed by atoms with Crippen LogP contribution in [0, 0.1) is 5.92 Å². The number of nitrogens with zero attached hydrogens (tertiary/aromatic N) is 1. The fraction of sp³-hybridized carbons (Fsp3) is 0.583. The van der Waals surface area contributed by atoms with E-state index < -0.39 is 0 Å². The summed E-state index contributed by atoms with van der Waals surface area (Å²) in [5, 5.41) is 0. The zero-order valence-corrected chi connectivity index (χ0v) is 9.36. The van der Waals surface area contributed by atoms with E-state index in [4.69, 9.17) is 0 Å². The smallest absolute Gasteiger partial charge is 0.192 e. The minimum Gasteiger partial charge on any atom is -0.359 e. The van der Waals surface area contributed by atoms with Gasteiger partial charge in [0.1, 0.15) is 0 Å². The van der Waals surface area contributed by atoms with Crippen molar-refractivity contribution in [2.75, 3.05) is 13.6 Å². The van der Waals surface area contributed by atoms with E-state index >= 15 is 0 Å². The molecule has 1 aromatic heterocycles. The van der Waals surface area contributed by atoms with Crippen LogP contribution in [0.2, 0.25) is 0 Å². The molecule has 0 spiro atoms. The van der Waals surface area contributed by atoms with Crippen LogP contribution in [0.5, 0.6) is 0 Å². The third-order valence-corrected chi connectivity index (χ3v) is 3.29. The van der Waals surface area contributed by atoms with Crippen LogP contribution in [-0.4, -0.2) is 35.3 Å². The van der Waals surface area contributed by atoms with Crippen LogP contribution in [0.25, 0.3) is 0 Å². The van der Waals surface area contributed by atoms with Gasteiger partial charge >= 0.3 is 0 Å². The second-order valence-corrected chi connectivity index (χ2v) is 4.50. The summed E-state index contributed by atoms with van der Waals surface area (Å²) in [6, 6.07) is 4.22. The number of aromatic nitrogens is 1. The zero-order valence-electron chi connectivity index (χ0n) is 9.36. The lowest BCUT2D eigenvalue weighted by atomic mass is 10.1. The maximum atomic E-state index is 11.8. The summed E-state index contributed by atoms with van der Waals surface area (Å²) >= 11 is 0. The monoisotopic (exact) mass is 206 g/mol. The van der Waals surface area contributed by atoms with Gasteiger partial charge in [-0.15, -0.1) is 0 Å². The van der Waals surface area contributed by atoms with E-state index in [1.54, 1.807) is 6.20 Å². The fourth-order valence-corrected chi connectivity index (χ4v) is 1.90. The summed E-state index contributed by atoms with van der Waals surface area (Å²) in [6.45, 7) is 2.72. The van der Waals surface area contributed by atoms with Crippen LogP contribution in [-0.2, 0) is 0 Å². The molecule has 1 N–H and O–H groups in total. The molecule has 0 aliphatic heterocycles. The lowest BCUT2D eigenvalue weighted by Gasteiger charge is -2.23. The summed E-state index contributed by atoms with van der Waals surface area (Å²) in [5.74, 6) is 0.987. The highest BCUT2D eigenvalue weighted by Gasteiger charge is 2.31. The number of nitrogens with one attached hydrogen (secondary N) is 1. The Morgan fingerprint density at radius 1 is 1.67 bits per heavy atom. The second-order valence-electron chi connectivity index (χ2n) is 4.50. The number of carbonyl (C=O) groups is 1. The number of Topliss-reactive ketones (excluding diaryl/α,β-unsaturated/α-hetero) is 1. The summed E-state index contributed by atoms with van der Waals surface area (Å²) in [6.07, 6.45) is 4.43. The Labute approximate surface area is 90.5 Å². The highest BCUT2D eigenvalue weighted by atomic mass is 16.1. The molecule has 1 fully saturated rings. The molecule has 3 nitrogen and oxygen atoms in total. The highest BCUT2D eigenvalue weighted by Crippen LogP contribution is 2.34. The third kappa shape index (κ3) is 2.48. The maximum Gasteiger partial charge on any atom is 0.192 e. The molecule has 1 aliphatic rings. The van der Waals surface area contributed by atoms with Crippen molar-refractivity contribution in [2.24, 2.45) is 5.92 Å². The Morgan fingerprint density at radius 3 is 2.93 bits per heavy atom. The molecule has 2 rings (SSSR count). The SMILES string of the molecule is CC(C1CC1)N(C)CC(=O)c1ccc[nH]1. The standard InChI is InChI=1S/C12H18N2O/c1-9(10-5-6-10)14(2)8-12(15)11-4-3-7-13-11/h3-4,7,9-10,13H,5-6,8H2,1-2H3. The van der Waals surface area contributed by atoms with Gasteiger partial charge in [0.15, 0.2) is 5.78 Å². The summed E-state index contributed by atoms with van der Waals surface area (Å²) in [7, 11) is 2.03. The molecule has 1 atom stereocenters. The molecule has 0 radical (unpaired) electrons. The number of hydrogen-bond donors (Lipinski definition) is 1. The lowest BCUT2D eigenvalue weighted by molar-refractivity contribution is 0.0913. The van der Waals surface area contributed by atoms with E-state index in [-0.39, 0.29) is 5.78 Å². The van der Waals surface area contributed by atoms with Crippen molar-refractivity contribution in [3.8, 4) is 0 Å². The van der Waals surface area contributed by atoms with E-state index in [1.807, 2.05) is 19.2 Å². The third-order valence-electron chi connectivity index (χ3n) is 3.29. The number of H-pyrrole nitrogens is 1. The summed E-state index contributed by atoms with van der Waals surface area (Å²) in [5.41, 5.74) is 0.713. The van der Waals surface area contributed by atoms with Crippen LogP contribution in [0.3, 0.4) is 0 Å². The van der Waals surface area contributed by atoms with Gasteiger partial charge in [-0.25, -0.2) is 0 Å². The van der Waals surface area contributed by atoms with Crippen LogP contribution >= 0.6 is 0 Å². The lowest BCUT2D eigenvalue weighted by Crippen LogP contribution is -2.35. The molecule has 0 saturated heterocycles. The Kier molecular flexibility index (Phi) is 2.91. The van der Waals surface area contributed by atoms with Crippen molar-refractivity contribution in [3.63, 3.8) is 0 Å². The number of rotatable bonds is 5. The van der Waals surface area contributed by atoms with Crippen molar-refractivity contribution in [1.82, 2.24) is 9.88 Å². The number of likely N-dealkylation sites (N-methyl/N-ethyl adjacent to an activating group) is 1. The molecule has 82 valence electrons.